The zero-order valence-corrected chi connectivity index (χ0v) is 11.6. The first-order chi connectivity index (χ1) is 8.85. The van der Waals surface area contributed by atoms with Gasteiger partial charge in [0, 0.05) is 6.04 Å². The van der Waals surface area contributed by atoms with Crippen LogP contribution in [0.3, 0.4) is 0 Å². The van der Waals surface area contributed by atoms with Gasteiger partial charge >= 0.3 is 0 Å². The molecule has 1 aromatic rings. The molecule has 0 atom stereocenters. The molecule has 1 aromatic carbocycles. The first-order valence-corrected chi connectivity index (χ1v) is 7.21. The predicted octanol–water partition coefficient (Wildman–Crippen LogP) is 3.72. The van der Waals surface area contributed by atoms with Crippen LogP contribution in [-0.2, 0) is 0 Å². The van der Waals surface area contributed by atoms with E-state index in [2.05, 4.69) is 30.4 Å². The van der Waals surface area contributed by atoms with Crippen molar-refractivity contribution in [3.05, 3.63) is 29.8 Å². The van der Waals surface area contributed by atoms with Crippen molar-refractivity contribution in [3.63, 3.8) is 0 Å². The number of benzene rings is 1. The summed E-state index contributed by atoms with van der Waals surface area (Å²) in [6.45, 7) is 3.43. The van der Waals surface area contributed by atoms with E-state index in [1.165, 1.54) is 44.2 Å². The lowest BCUT2D eigenvalue weighted by molar-refractivity contribution is 0.282. The highest BCUT2D eigenvalue weighted by Crippen LogP contribution is 2.40. The molecule has 0 heterocycles. The van der Waals surface area contributed by atoms with E-state index in [0.717, 1.165) is 11.8 Å². The highest BCUT2D eigenvalue weighted by molar-refractivity contribution is 5.37. The maximum atomic E-state index is 5.43. The summed E-state index contributed by atoms with van der Waals surface area (Å²) in [5, 5.41) is 3.65. The Bertz CT molecular complexity index is 358. The molecule has 0 unspecified atom stereocenters. The molecule has 1 saturated carbocycles. The second kappa shape index (κ2) is 6.79. The first kappa shape index (κ1) is 13.4. The van der Waals surface area contributed by atoms with Gasteiger partial charge in [0.15, 0.2) is 0 Å². The summed E-state index contributed by atoms with van der Waals surface area (Å²) in [6.07, 6.45) is 6.47. The van der Waals surface area contributed by atoms with Gasteiger partial charge in [-0.15, -0.1) is 0 Å². The van der Waals surface area contributed by atoms with Crippen molar-refractivity contribution < 1.29 is 4.74 Å². The number of methoxy groups -OCH3 is 1. The summed E-state index contributed by atoms with van der Waals surface area (Å²) >= 11 is 0. The van der Waals surface area contributed by atoms with Gasteiger partial charge in [0.2, 0.25) is 0 Å². The first-order valence-electron chi connectivity index (χ1n) is 7.21. The fraction of sp³-hybridized carbons (Fsp3) is 0.625. The highest BCUT2D eigenvalue weighted by Gasteiger charge is 2.31. The van der Waals surface area contributed by atoms with E-state index in [1.54, 1.807) is 7.11 Å². The molecule has 0 spiro atoms. The lowest BCUT2D eigenvalue weighted by atomic mass is 9.75. The zero-order chi connectivity index (χ0) is 12.8. The van der Waals surface area contributed by atoms with Crippen LogP contribution in [0.4, 0.5) is 0 Å². The topological polar surface area (TPSA) is 21.3 Å². The molecule has 1 aliphatic carbocycles. The number of para-hydroxylation sites is 1. The van der Waals surface area contributed by atoms with Gasteiger partial charge in [-0.2, -0.15) is 0 Å². The molecule has 2 rings (SSSR count). The van der Waals surface area contributed by atoms with E-state index >= 15 is 0 Å². The van der Waals surface area contributed by atoms with E-state index in [0.29, 0.717) is 5.92 Å². The summed E-state index contributed by atoms with van der Waals surface area (Å²) in [4.78, 5) is 0. The molecule has 0 amide bonds. The van der Waals surface area contributed by atoms with E-state index < -0.39 is 0 Å². The summed E-state index contributed by atoms with van der Waals surface area (Å²) in [7, 11) is 1.76. The molecule has 1 fully saturated rings. The quantitative estimate of drug-likeness (QED) is 0.741. The minimum Gasteiger partial charge on any atom is -0.496 e. The molecule has 0 aromatic heterocycles. The average molecular weight is 247 g/mol. The van der Waals surface area contributed by atoms with E-state index in [-0.39, 0.29) is 0 Å². The fourth-order valence-electron chi connectivity index (χ4n) is 2.72. The predicted molar refractivity (Wildman–Crippen MR) is 76.3 cm³/mol. The number of nitrogens with one attached hydrogen (secondary N) is 1. The van der Waals surface area contributed by atoms with Crippen molar-refractivity contribution in [1.82, 2.24) is 5.32 Å². The Balaban J connectivity index is 1.75. The van der Waals surface area contributed by atoms with E-state index in [9.17, 15) is 0 Å². The third-order valence-corrected chi connectivity index (χ3v) is 3.93. The van der Waals surface area contributed by atoms with Gasteiger partial charge in [0.05, 0.1) is 7.11 Å². The SMILES string of the molecule is CCCCCNC1CC(c2ccccc2OC)C1. The van der Waals surface area contributed by atoms with Gasteiger partial charge in [-0.25, -0.2) is 0 Å². The van der Waals surface area contributed by atoms with Crippen molar-refractivity contribution in [3.8, 4) is 5.75 Å². The number of rotatable bonds is 7. The summed E-state index contributed by atoms with van der Waals surface area (Å²) in [6, 6.07) is 9.15. The van der Waals surface area contributed by atoms with Crippen molar-refractivity contribution in [2.45, 2.75) is 51.0 Å². The number of hydrogen-bond acceptors (Lipinski definition) is 2. The monoisotopic (exact) mass is 247 g/mol. The van der Waals surface area contributed by atoms with Gasteiger partial charge < -0.3 is 10.1 Å². The fourth-order valence-corrected chi connectivity index (χ4v) is 2.72. The Morgan fingerprint density at radius 1 is 1.22 bits per heavy atom. The molecule has 0 saturated heterocycles. The van der Waals surface area contributed by atoms with Gasteiger partial charge in [-0.1, -0.05) is 38.0 Å². The maximum absolute atomic E-state index is 5.43. The van der Waals surface area contributed by atoms with Crippen LogP contribution in [0.1, 0.15) is 50.5 Å². The van der Waals surface area contributed by atoms with Crippen LogP contribution >= 0.6 is 0 Å². The highest BCUT2D eigenvalue weighted by atomic mass is 16.5. The second-order valence-corrected chi connectivity index (χ2v) is 5.27. The van der Waals surface area contributed by atoms with Gasteiger partial charge in [0.25, 0.3) is 0 Å². The molecular formula is C16H25NO. The average Bonchev–Trinajstić information content (AvgIpc) is 2.36. The number of unbranched alkanes of at least 4 members (excludes halogenated alkanes) is 2. The number of hydrogen-bond donors (Lipinski definition) is 1. The third-order valence-electron chi connectivity index (χ3n) is 3.93. The Hall–Kier alpha value is -1.02. The maximum Gasteiger partial charge on any atom is 0.122 e. The van der Waals surface area contributed by atoms with Gasteiger partial charge in [0.1, 0.15) is 5.75 Å². The van der Waals surface area contributed by atoms with Crippen LogP contribution < -0.4 is 10.1 Å². The van der Waals surface area contributed by atoms with Crippen molar-refractivity contribution in [2.24, 2.45) is 0 Å². The van der Waals surface area contributed by atoms with Crippen LogP contribution in [0.15, 0.2) is 24.3 Å². The van der Waals surface area contributed by atoms with Crippen molar-refractivity contribution >= 4 is 0 Å². The van der Waals surface area contributed by atoms with E-state index in [1.807, 2.05) is 6.07 Å². The van der Waals surface area contributed by atoms with Crippen LogP contribution in [0.2, 0.25) is 0 Å². The van der Waals surface area contributed by atoms with Crippen LogP contribution in [-0.4, -0.2) is 19.7 Å². The summed E-state index contributed by atoms with van der Waals surface area (Å²) in [5.74, 6) is 1.73. The molecule has 0 bridgehead atoms. The lowest BCUT2D eigenvalue weighted by Gasteiger charge is -2.37. The minimum absolute atomic E-state index is 0.685. The summed E-state index contributed by atoms with van der Waals surface area (Å²) in [5.41, 5.74) is 1.38. The lowest BCUT2D eigenvalue weighted by Crippen LogP contribution is -2.40. The van der Waals surface area contributed by atoms with E-state index in [4.69, 9.17) is 4.74 Å². The van der Waals surface area contributed by atoms with Crippen LogP contribution in [0.25, 0.3) is 0 Å². The number of ether oxygens (including phenoxy) is 1. The Morgan fingerprint density at radius 3 is 2.72 bits per heavy atom. The molecule has 2 nitrogen and oxygen atoms in total. The molecule has 1 N–H and O–H groups in total. The van der Waals surface area contributed by atoms with Crippen molar-refractivity contribution in [2.75, 3.05) is 13.7 Å². The summed E-state index contributed by atoms with van der Waals surface area (Å²) < 4.78 is 5.43. The molecule has 0 radical (unpaired) electrons. The standard InChI is InChI=1S/C16H25NO/c1-3-4-7-10-17-14-11-13(12-14)15-8-5-6-9-16(15)18-2/h5-6,8-9,13-14,17H,3-4,7,10-12H2,1-2H3. The zero-order valence-electron chi connectivity index (χ0n) is 11.6. The van der Waals surface area contributed by atoms with Gasteiger partial charge in [-0.3, -0.25) is 0 Å². The smallest absolute Gasteiger partial charge is 0.122 e. The van der Waals surface area contributed by atoms with Crippen LogP contribution in [0.5, 0.6) is 5.75 Å². The molecule has 2 heteroatoms. The minimum atomic E-state index is 0.685. The largest absolute Gasteiger partial charge is 0.496 e. The Kier molecular flexibility index (Phi) is 5.06. The van der Waals surface area contributed by atoms with Gasteiger partial charge in [-0.05, 0) is 43.4 Å². The molecule has 1 aliphatic rings. The molecular weight excluding hydrogens is 222 g/mol. The molecule has 18 heavy (non-hydrogen) atoms. The second-order valence-electron chi connectivity index (χ2n) is 5.27. The van der Waals surface area contributed by atoms with Crippen LogP contribution in [0, 0.1) is 0 Å². The Morgan fingerprint density at radius 2 is 2.00 bits per heavy atom. The third kappa shape index (κ3) is 3.26. The van der Waals surface area contributed by atoms with Crippen molar-refractivity contribution in [1.29, 1.82) is 0 Å². The molecule has 100 valence electrons. The molecule has 0 aliphatic heterocycles. The Labute approximate surface area is 111 Å². The normalized spacial score (nSPS) is 22.6.